The fourth-order valence-corrected chi connectivity index (χ4v) is 11.6. The van der Waals surface area contributed by atoms with Gasteiger partial charge in [-0.2, -0.15) is 0 Å². The van der Waals surface area contributed by atoms with Crippen LogP contribution in [-0.4, -0.2) is 193 Å². The normalized spacial score (nSPS) is 27.8. The summed E-state index contributed by atoms with van der Waals surface area (Å²) in [6.07, 6.45) is 51.8. The SMILES string of the molecule is CC/C=C\C/C=C\C/C=C\C/C=C\C/C=C\C/C=C\C/C=C\C/C=C\CCCCCCCCCCCCC(=O)NC(COC1OC(CO)C(OC2OC(CO)C(OC3OC(CO)C(O)C(O)C3O)C(O)C2O)C(O)C1O)C(O)/C=C/CC/C=C/CCCCCCCCCCCC. The van der Waals surface area contributed by atoms with Gasteiger partial charge in [-0.3, -0.25) is 4.79 Å². The van der Waals surface area contributed by atoms with E-state index in [1.807, 2.05) is 6.08 Å². The third kappa shape index (κ3) is 37.6. The van der Waals surface area contributed by atoms with Gasteiger partial charge in [-0.05, 0) is 96.3 Å². The number of hydrogen-bond acceptors (Lipinski definition) is 18. The third-order valence-electron chi connectivity index (χ3n) is 17.5. The first-order valence-corrected chi connectivity index (χ1v) is 36.8. The van der Waals surface area contributed by atoms with Crippen molar-refractivity contribution in [3.63, 3.8) is 0 Å². The number of nitrogens with one attached hydrogen (secondary N) is 1. The molecule has 0 bridgehead atoms. The van der Waals surface area contributed by atoms with Crippen molar-refractivity contribution in [3.8, 4) is 0 Å². The molecule has 1 amide bonds. The number of unbranched alkanes of at least 4 members (excludes halogenated alkanes) is 21. The standard InChI is InChI=1S/C77H129NO18/c1-3-5-7-9-11-13-15-17-19-21-22-23-24-25-26-27-28-29-30-31-32-33-34-35-36-37-38-39-41-43-45-47-49-51-53-55-65(83)78-60(61(82)54-52-50-48-46-44-42-40-20-18-16-14-12-10-8-6-4-2)59-91-75-71(89)68(86)73(63(57-80)93-75)96-77-72(90)69(87)74(64(58-81)94-77)95-76-70(88)67(85)66(84)62(56-79)92-76/h5,7,11,13,17,19,22-23,25-26,28-29,31-32,34-35,44,46,52,54,60-64,66-77,79-82,84-90H,3-4,6,8-10,12,14-16,18,20-21,24,27,30,33,36-43,45,47-51,53,55-59H2,1-2H3,(H,78,83)/b7-5-,13-11-,19-17-,23-22-,26-25-,29-28-,32-31-,35-34-,46-44+,54-52+. The largest absolute Gasteiger partial charge is 0.394 e. The highest BCUT2D eigenvalue weighted by Gasteiger charge is 2.53. The summed E-state index contributed by atoms with van der Waals surface area (Å²) in [5.41, 5.74) is 0. The molecule has 0 radical (unpaired) electrons. The lowest BCUT2D eigenvalue weighted by Crippen LogP contribution is -2.66. The first-order valence-electron chi connectivity index (χ1n) is 36.8. The van der Waals surface area contributed by atoms with E-state index >= 15 is 0 Å². The molecule has 96 heavy (non-hydrogen) atoms. The third-order valence-corrected chi connectivity index (χ3v) is 17.5. The second-order valence-corrected chi connectivity index (χ2v) is 25.7. The summed E-state index contributed by atoms with van der Waals surface area (Å²) in [7, 11) is 0. The topological polar surface area (TPSA) is 307 Å². The Labute approximate surface area is 576 Å². The van der Waals surface area contributed by atoms with Gasteiger partial charge in [-0.25, -0.2) is 0 Å². The number of hydrogen-bond donors (Lipinski definition) is 12. The van der Waals surface area contributed by atoms with Gasteiger partial charge in [-0.1, -0.05) is 245 Å². The van der Waals surface area contributed by atoms with Crippen molar-refractivity contribution < 1.29 is 89.4 Å². The highest BCUT2D eigenvalue weighted by molar-refractivity contribution is 5.76. The summed E-state index contributed by atoms with van der Waals surface area (Å²) in [6.45, 7) is 1.58. The zero-order valence-electron chi connectivity index (χ0n) is 58.3. The maximum absolute atomic E-state index is 13.4. The van der Waals surface area contributed by atoms with E-state index in [0.717, 1.165) is 103 Å². The van der Waals surface area contributed by atoms with Crippen LogP contribution in [0.5, 0.6) is 0 Å². The summed E-state index contributed by atoms with van der Waals surface area (Å²) in [6, 6.07) is -1.00. The number of amides is 1. The number of rotatable bonds is 55. The van der Waals surface area contributed by atoms with Crippen LogP contribution in [-0.2, 0) is 33.2 Å². The van der Waals surface area contributed by atoms with E-state index in [9.17, 15) is 61.0 Å². The number of carbonyl (C=O) groups is 1. The fraction of sp³-hybridized carbons (Fsp3) is 0.727. The Bertz CT molecular complexity index is 2210. The van der Waals surface area contributed by atoms with Gasteiger partial charge in [0.05, 0.1) is 38.6 Å². The molecule has 0 aromatic heterocycles. The van der Waals surface area contributed by atoms with Gasteiger partial charge in [0, 0.05) is 6.42 Å². The molecule has 0 aromatic rings. The molecule has 0 aliphatic carbocycles. The van der Waals surface area contributed by atoms with Crippen molar-refractivity contribution in [2.24, 2.45) is 0 Å². The van der Waals surface area contributed by atoms with E-state index in [2.05, 4.69) is 129 Å². The highest BCUT2D eigenvalue weighted by Crippen LogP contribution is 2.33. The van der Waals surface area contributed by atoms with E-state index in [1.165, 1.54) is 89.9 Å². The summed E-state index contributed by atoms with van der Waals surface area (Å²) >= 11 is 0. The summed E-state index contributed by atoms with van der Waals surface area (Å²) in [5.74, 6) is -0.295. The molecule has 550 valence electrons. The average molecular weight is 1360 g/mol. The molecule has 3 aliphatic rings. The van der Waals surface area contributed by atoms with Gasteiger partial charge in [-0.15, -0.1) is 0 Å². The molecule has 0 aromatic carbocycles. The Kier molecular flexibility index (Phi) is 51.2. The molecule has 3 saturated heterocycles. The van der Waals surface area contributed by atoms with Gasteiger partial charge in [0.25, 0.3) is 0 Å². The lowest BCUT2D eigenvalue weighted by atomic mass is 9.96. The van der Waals surface area contributed by atoms with Crippen LogP contribution in [0, 0.1) is 0 Å². The lowest BCUT2D eigenvalue weighted by Gasteiger charge is -2.48. The van der Waals surface area contributed by atoms with Crippen LogP contribution in [0.15, 0.2) is 122 Å². The average Bonchev–Trinajstić information content (AvgIpc) is 0.798. The van der Waals surface area contributed by atoms with Crippen molar-refractivity contribution in [1.82, 2.24) is 5.32 Å². The molecule has 0 saturated carbocycles. The van der Waals surface area contributed by atoms with Gasteiger partial charge < -0.3 is 89.9 Å². The molecule has 17 unspecified atom stereocenters. The van der Waals surface area contributed by atoms with Gasteiger partial charge in [0.15, 0.2) is 18.9 Å². The molecule has 19 nitrogen and oxygen atoms in total. The Morgan fingerprint density at radius 1 is 0.385 bits per heavy atom. The van der Waals surface area contributed by atoms with Crippen LogP contribution >= 0.6 is 0 Å². The Morgan fingerprint density at radius 3 is 1.17 bits per heavy atom. The van der Waals surface area contributed by atoms with Crippen molar-refractivity contribution in [2.45, 2.75) is 330 Å². The van der Waals surface area contributed by atoms with Gasteiger partial charge >= 0.3 is 0 Å². The predicted octanol–water partition coefficient (Wildman–Crippen LogP) is 10.8. The van der Waals surface area contributed by atoms with Crippen LogP contribution < -0.4 is 5.32 Å². The van der Waals surface area contributed by atoms with Gasteiger partial charge in [0.1, 0.15) is 73.2 Å². The fourth-order valence-electron chi connectivity index (χ4n) is 11.6. The van der Waals surface area contributed by atoms with E-state index in [-0.39, 0.29) is 18.9 Å². The quantitative estimate of drug-likeness (QED) is 0.0199. The molecular weight excluding hydrogens is 1230 g/mol. The number of carbonyl (C=O) groups excluding carboxylic acids is 1. The minimum atomic E-state index is -1.99. The number of aliphatic hydroxyl groups is 11. The van der Waals surface area contributed by atoms with Crippen LogP contribution in [0.1, 0.15) is 226 Å². The van der Waals surface area contributed by atoms with Crippen LogP contribution in [0.25, 0.3) is 0 Å². The Balaban J connectivity index is 1.38. The molecule has 3 aliphatic heterocycles. The lowest BCUT2D eigenvalue weighted by molar-refractivity contribution is -0.379. The molecule has 3 rings (SSSR count). The number of ether oxygens (including phenoxy) is 6. The van der Waals surface area contributed by atoms with Crippen LogP contribution in [0.2, 0.25) is 0 Å². The molecule has 17 atom stereocenters. The van der Waals surface area contributed by atoms with E-state index < -0.39 is 124 Å². The van der Waals surface area contributed by atoms with E-state index in [1.54, 1.807) is 6.08 Å². The minimum absolute atomic E-state index is 0.222. The van der Waals surface area contributed by atoms with Crippen molar-refractivity contribution in [3.05, 3.63) is 122 Å². The van der Waals surface area contributed by atoms with Crippen LogP contribution in [0.4, 0.5) is 0 Å². The van der Waals surface area contributed by atoms with E-state index in [4.69, 9.17) is 28.4 Å². The second kappa shape index (κ2) is 56.9. The maximum Gasteiger partial charge on any atom is 0.220 e. The zero-order chi connectivity index (χ0) is 69.6. The highest BCUT2D eigenvalue weighted by atomic mass is 16.8. The molecule has 12 N–H and O–H groups in total. The van der Waals surface area contributed by atoms with Crippen LogP contribution in [0.3, 0.4) is 0 Å². The summed E-state index contributed by atoms with van der Waals surface area (Å²) in [4.78, 5) is 13.4. The summed E-state index contributed by atoms with van der Waals surface area (Å²) in [5, 5.41) is 121. The van der Waals surface area contributed by atoms with Crippen molar-refractivity contribution >= 4 is 5.91 Å². The van der Waals surface area contributed by atoms with Gasteiger partial charge in [0.2, 0.25) is 5.91 Å². The van der Waals surface area contributed by atoms with Crippen molar-refractivity contribution in [2.75, 3.05) is 26.4 Å². The molecule has 19 heteroatoms. The molecule has 0 spiro atoms. The monoisotopic (exact) mass is 1360 g/mol. The predicted molar refractivity (Wildman–Crippen MR) is 378 cm³/mol. The smallest absolute Gasteiger partial charge is 0.220 e. The first-order chi connectivity index (χ1) is 46.8. The summed E-state index contributed by atoms with van der Waals surface area (Å²) < 4.78 is 34.3. The zero-order valence-corrected chi connectivity index (χ0v) is 58.3. The van der Waals surface area contributed by atoms with E-state index in [0.29, 0.717) is 12.8 Å². The molecule has 3 heterocycles. The number of allylic oxidation sites excluding steroid dienone is 19. The molecule has 3 fully saturated rings. The number of aliphatic hydroxyl groups excluding tert-OH is 11. The molecular formula is C77H129NO18. The second-order valence-electron chi connectivity index (χ2n) is 25.7. The minimum Gasteiger partial charge on any atom is -0.394 e. The Hall–Kier alpha value is -3.81. The first kappa shape index (κ1) is 86.4. The Morgan fingerprint density at radius 2 is 0.729 bits per heavy atom. The van der Waals surface area contributed by atoms with Crippen molar-refractivity contribution in [1.29, 1.82) is 0 Å². The maximum atomic E-state index is 13.4.